The van der Waals surface area contributed by atoms with Crippen LogP contribution in [0.25, 0.3) is 0 Å². The van der Waals surface area contributed by atoms with Crippen LogP contribution < -0.4 is 15.5 Å². The summed E-state index contributed by atoms with van der Waals surface area (Å²) < 4.78 is 15.7. The Hall–Kier alpha value is -1.06. The van der Waals surface area contributed by atoms with Crippen molar-refractivity contribution < 1.29 is 19.0 Å². The standard InChI is InChI=1S/C13H27ClNO4P.C5H6N/c1-3-4-5-6-7-8-9-10-15-13(16)19-12(2)11-20(14,17)18;1-2-4-6-5-3-1/h12H,3-11H2,1-2H3,(H,15,16)(H,17,18);1-2,5-6H,4H2/q;+1/p-1/t12-;/m1./s1. The third kappa shape index (κ3) is 19.3. The van der Waals surface area contributed by atoms with Crippen LogP contribution >= 0.6 is 18.0 Å². The molecular weight excluding hydrogens is 375 g/mol. The van der Waals surface area contributed by atoms with E-state index in [0.29, 0.717) is 6.54 Å². The first-order valence-corrected chi connectivity index (χ1v) is 12.0. The Morgan fingerprint density at radius 3 is 2.46 bits per heavy atom. The van der Waals surface area contributed by atoms with Gasteiger partial charge in [-0.25, -0.2) is 4.79 Å². The monoisotopic (exact) mass is 406 g/mol. The molecule has 1 rings (SSSR count). The van der Waals surface area contributed by atoms with Crippen molar-refractivity contribution in [3.63, 3.8) is 0 Å². The number of hydrogen-bond donors (Lipinski definition) is 2. The van der Waals surface area contributed by atoms with E-state index < -0.39 is 18.9 Å². The van der Waals surface area contributed by atoms with E-state index in [1.165, 1.54) is 39.0 Å². The Morgan fingerprint density at radius 2 is 2.00 bits per heavy atom. The molecule has 6 nitrogen and oxygen atoms in total. The van der Waals surface area contributed by atoms with Crippen molar-refractivity contribution in [2.75, 3.05) is 19.3 Å². The summed E-state index contributed by atoms with van der Waals surface area (Å²) in [5, 5.41) is 5.57. The van der Waals surface area contributed by atoms with Gasteiger partial charge in [-0.15, -0.1) is 0 Å². The lowest BCUT2D eigenvalue weighted by atomic mass is 10.1. The van der Waals surface area contributed by atoms with Gasteiger partial charge in [0, 0.05) is 12.7 Å². The molecule has 0 radical (unpaired) electrons. The summed E-state index contributed by atoms with van der Waals surface area (Å²) in [6.45, 7) is 1.28. The number of dihydropyridines is 1. The Morgan fingerprint density at radius 1 is 1.35 bits per heavy atom. The van der Waals surface area contributed by atoms with Crippen LogP contribution in [-0.4, -0.2) is 31.4 Å². The second-order valence-electron chi connectivity index (χ2n) is 6.16. The number of halogens is 1. The number of carbonyl (C=O) groups is 1. The smallest absolute Gasteiger partial charge is 0.407 e. The molecule has 2 N–H and O–H groups in total. The fourth-order valence-corrected chi connectivity index (χ4v) is 3.47. The van der Waals surface area contributed by atoms with Gasteiger partial charge in [-0.1, -0.05) is 56.7 Å². The van der Waals surface area contributed by atoms with Gasteiger partial charge >= 0.3 is 6.09 Å². The summed E-state index contributed by atoms with van der Waals surface area (Å²) >= 11 is 5.10. The molecule has 1 aliphatic heterocycles. The molecule has 0 spiro atoms. The highest BCUT2D eigenvalue weighted by Crippen LogP contribution is 2.42. The summed E-state index contributed by atoms with van der Waals surface area (Å²) in [6.07, 6.45) is 15.1. The van der Waals surface area contributed by atoms with Crippen LogP contribution in [0.2, 0.25) is 0 Å². The van der Waals surface area contributed by atoms with Gasteiger partial charge in [0.1, 0.15) is 31.6 Å². The molecule has 1 heterocycles. The SMILES string of the molecule is CCCCCCCCCNC(=O)O[C@H](C)CP(=O)([O-])Cl.[C+]1=CNCC=C1. The Kier molecular flexibility index (Phi) is 15.5. The van der Waals surface area contributed by atoms with Crippen LogP contribution in [0.15, 0.2) is 18.4 Å². The number of nitrogens with one attached hydrogen (secondary N) is 2. The zero-order valence-corrected chi connectivity index (χ0v) is 17.5. The number of unbranched alkanes of at least 4 members (excludes halogenated alkanes) is 6. The maximum atomic E-state index is 11.3. The molecule has 8 heteroatoms. The molecule has 150 valence electrons. The molecule has 0 aliphatic carbocycles. The molecule has 26 heavy (non-hydrogen) atoms. The topological polar surface area (TPSA) is 90.5 Å². The van der Waals surface area contributed by atoms with E-state index in [1.54, 1.807) is 6.20 Å². The van der Waals surface area contributed by atoms with Crippen LogP contribution in [0.5, 0.6) is 0 Å². The van der Waals surface area contributed by atoms with Crippen LogP contribution in [0.3, 0.4) is 0 Å². The van der Waals surface area contributed by atoms with Gasteiger partial charge in [0.25, 0.3) is 0 Å². The second-order valence-corrected chi connectivity index (χ2v) is 9.25. The van der Waals surface area contributed by atoms with Gasteiger partial charge in [-0.3, -0.25) is 0 Å². The normalized spacial score (nSPS) is 15.5. The third-order valence-corrected chi connectivity index (χ3v) is 4.83. The van der Waals surface area contributed by atoms with Crippen molar-refractivity contribution in [1.82, 2.24) is 10.6 Å². The summed E-state index contributed by atoms with van der Waals surface area (Å²) in [7, 11) is 0. The predicted molar refractivity (Wildman–Crippen MR) is 105 cm³/mol. The fraction of sp³-hybridized carbons (Fsp3) is 0.722. The van der Waals surface area contributed by atoms with E-state index in [-0.39, 0.29) is 6.16 Å². The predicted octanol–water partition coefficient (Wildman–Crippen LogP) is 4.11. The largest absolute Gasteiger partial charge is 0.788 e. The molecule has 0 fully saturated rings. The molecule has 0 aromatic carbocycles. The fourth-order valence-electron chi connectivity index (χ4n) is 2.20. The average Bonchev–Trinajstić information content (AvgIpc) is 2.57. The lowest BCUT2D eigenvalue weighted by Gasteiger charge is -2.20. The zero-order valence-electron chi connectivity index (χ0n) is 15.8. The van der Waals surface area contributed by atoms with E-state index in [1.807, 2.05) is 12.2 Å². The number of allylic oxidation sites excluding steroid dienone is 2. The van der Waals surface area contributed by atoms with Crippen molar-refractivity contribution >= 4 is 24.1 Å². The van der Waals surface area contributed by atoms with E-state index in [0.717, 1.165) is 19.4 Å². The lowest BCUT2D eigenvalue weighted by Crippen LogP contribution is -2.30. The summed E-state index contributed by atoms with van der Waals surface area (Å²) in [5.74, 6) is 0. The highest BCUT2D eigenvalue weighted by atomic mass is 35.7. The van der Waals surface area contributed by atoms with Gasteiger partial charge in [-0.2, -0.15) is 0 Å². The van der Waals surface area contributed by atoms with Crippen molar-refractivity contribution in [3.05, 3.63) is 24.4 Å². The van der Waals surface area contributed by atoms with Crippen molar-refractivity contribution in [1.29, 1.82) is 0 Å². The molecule has 1 aliphatic rings. The molecule has 0 aromatic heterocycles. The molecular formula is C18H32ClN2O4P. The molecule has 1 amide bonds. The van der Waals surface area contributed by atoms with E-state index in [2.05, 4.69) is 23.6 Å². The van der Waals surface area contributed by atoms with E-state index in [4.69, 9.17) is 16.0 Å². The molecule has 0 aromatic rings. The van der Waals surface area contributed by atoms with Gasteiger partial charge in [0.2, 0.25) is 0 Å². The van der Waals surface area contributed by atoms with Gasteiger partial charge in [0.05, 0.1) is 6.08 Å². The first kappa shape index (κ1) is 24.9. The molecule has 0 saturated carbocycles. The number of alkyl carbamates (subject to hydrolysis) is 1. The van der Waals surface area contributed by atoms with Crippen LogP contribution in [0.4, 0.5) is 4.79 Å². The maximum absolute atomic E-state index is 11.3. The van der Waals surface area contributed by atoms with Crippen molar-refractivity contribution in [3.8, 4) is 0 Å². The van der Waals surface area contributed by atoms with Crippen molar-refractivity contribution in [2.45, 2.75) is 64.9 Å². The lowest BCUT2D eigenvalue weighted by molar-refractivity contribution is -0.169. The quantitative estimate of drug-likeness (QED) is 0.306. The first-order valence-electron chi connectivity index (χ1n) is 9.25. The van der Waals surface area contributed by atoms with Gasteiger partial charge in [-0.05, 0) is 13.3 Å². The summed E-state index contributed by atoms with van der Waals surface area (Å²) in [6, 6.07) is 0. The van der Waals surface area contributed by atoms with Crippen molar-refractivity contribution in [2.24, 2.45) is 0 Å². The molecule has 0 saturated heterocycles. The first-order chi connectivity index (χ1) is 12.3. The zero-order chi connectivity index (χ0) is 19.7. The highest BCUT2D eigenvalue weighted by Gasteiger charge is 2.14. The van der Waals surface area contributed by atoms with E-state index in [9.17, 15) is 14.3 Å². The van der Waals surface area contributed by atoms with E-state index >= 15 is 0 Å². The third-order valence-electron chi connectivity index (χ3n) is 3.47. The van der Waals surface area contributed by atoms with Crippen LogP contribution in [-0.2, 0) is 9.30 Å². The van der Waals surface area contributed by atoms with Gasteiger partial charge < -0.3 is 24.8 Å². The Balaban J connectivity index is 0.000000867. The molecule has 2 atom stereocenters. The average molecular weight is 407 g/mol. The Bertz CT molecular complexity index is 454. The molecule has 0 bridgehead atoms. The Labute approximate surface area is 162 Å². The minimum Gasteiger partial charge on any atom is -0.788 e. The number of rotatable bonds is 11. The second kappa shape index (κ2) is 16.1. The van der Waals surface area contributed by atoms with Crippen LogP contribution in [0, 0.1) is 6.08 Å². The maximum Gasteiger partial charge on any atom is 0.407 e. The summed E-state index contributed by atoms with van der Waals surface area (Å²) in [5.41, 5.74) is 0. The summed E-state index contributed by atoms with van der Waals surface area (Å²) in [4.78, 5) is 22.2. The highest BCUT2D eigenvalue weighted by molar-refractivity contribution is 7.83. The minimum absolute atomic E-state index is 0.348. The number of ether oxygens (including phenoxy) is 1. The molecule has 1 unspecified atom stereocenters. The van der Waals surface area contributed by atoms with Crippen LogP contribution in [0.1, 0.15) is 58.8 Å². The van der Waals surface area contributed by atoms with Gasteiger partial charge in [0.15, 0.2) is 6.08 Å². The number of carbonyl (C=O) groups excluding carboxylic acids is 1. The number of amides is 1. The number of hydrogen-bond acceptors (Lipinski definition) is 5. The minimum atomic E-state index is -3.91.